The summed E-state index contributed by atoms with van der Waals surface area (Å²) in [6.45, 7) is 6.54. The number of hydrogen-bond donors (Lipinski definition) is 1. The van der Waals surface area contributed by atoms with Crippen molar-refractivity contribution in [1.82, 2.24) is 14.7 Å². The molecule has 0 aliphatic heterocycles. The van der Waals surface area contributed by atoms with Crippen molar-refractivity contribution in [2.24, 2.45) is 12.8 Å². The summed E-state index contributed by atoms with van der Waals surface area (Å²) >= 11 is 1.77. The highest BCUT2D eigenvalue weighted by molar-refractivity contribution is 7.09. The molecule has 0 radical (unpaired) electrons. The molecule has 0 saturated heterocycles. The highest BCUT2D eigenvalue weighted by Gasteiger charge is 2.27. The van der Waals surface area contributed by atoms with Crippen LogP contribution in [0.2, 0.25) is 0 Å². The molecule has 0 aliphatic rings. The van der Waals surface area contributed by atoms with Crippen LogP contribution in [0, 0.1) is 6.92 Å². The maximum atomic E-state index is 6.08. The van der Waals surface area contributed by atoms with E-state index in [0.29, 0.717) is 6.54 Å². The lowest BCUT2D eigenvalue weighted by Crippen LogP contribution is -2.33. The van der Waals surface area contributed by atoms with Crippen molar-refractivity contribution in [1.29, 1.82) is 0 Å². The van der Waals surface area contributed by atoms with Gasteiger partial charge in [0, 0.05) is 25.0 Å². The van der Waals surface area contributed by atoms with Crippen molar-refractivity contribution in [2.45, 2.75) is 26.4 Å². The van der Waals surface area contributed by atoms with Gasteiger partial charge in [0.2, 0.25) is 5.88 Å². The molecule has 0 bridgehead atoms. The molecule has 0 saturated carbocycles. The van der Waals surface area contributed by atoms with Gasteiger partial charge in [0.15, 0.2) is 0 Å². The van der Waals surface area contributed by atoms with Crippen LogP contribution in [0.4, 0.5) is 0 Å². The Balaban J connectivity index is 2.33. The molecule has 1 unspecified atom stereocenters. The Morgan fingerprint density at radius 1 is 1.52 bits per heavy atom. The van der Waals surface area contributed by atoms with Gasteiger partial charge >= 0.3 is 0 Å². The fraction of sp³-hybridized carbons (Fsp3) is 0.533. The van der Waals surface area contributed by atoms with Crippen LogP contribution in [0.15, 0.2) is 17.5 Å². The summed E-state index contributed by atoms with van der Waals surface area (Å²) < 4.78 is 7.31. The van der Waals surface area contributed by atoms with E-state index in [2.05, 4.69) is 34.4 Å². The fourth-order valence-corrected chi connectivity index (χ4v) is 3.50. The molecular formula is C15H24N4OS. The normalized spacial score (nSPS) is 12.9. The quantitative estimate of drug-likeness (QED) is 0.853. The van der Waals surface area contributed by atoms with E-state index in [1.807, 2.05) is 14.0 Å². The summed E-state index contributed by atoms with van der Waals surface area (Å²) in [5, 5.41) is 6.58. The van der Waals surface area contributed by atoms with Crippen molar-refractivity contribution in [2.75, 3.05) is 20.2 Å². The predicted octanol–water partition coefficient (Wildman–Crippen LogP) is 2.32. The average molecular weight is 308 g/mol. The van der Waals surface area contributed by atoms with Crippen LogP contribution in [0.5, 0.6) is 5.88 Å². The Hall–Kier alpha value is -1.37. The molecule has 2 aromatic rings. The molecule has 0 aliphatic carbocycles. The zero-order valence-corrected chi connectivity index (χ0v) is 14.0. The van der Waals surface area contributed by atoms with Crippen molar-refractivity contribution in [3.8, 4) is 5.88 Å². The smallest absolute Gasteiger partial charge is 0.216 e. The predicted molar refractivity (Wildman–Crippen MR) is 86.7 cm³/mol. The van der Waals surface area contributed by atoms with E-state index in [0.717, 1.165) is 30.2 Å². The van der Waals surface area contributed by atoms with E-state index in [9.17, 15) is 0 Å². The molecule has 2 heterocycles. The number of methoxy groups -OCH3 is 1. The first kappa shape index (κ1) is 16.0. The number of nitrogens with zero attached hydrogens (tertiary/aromatic N) is 3. The molecule has 2 aromatic heterocycles. The molecule has 5 nitrogen and oxygen atoms in total. The van der Waals surface area contributed by atoms with Gasteiger partial charge in [-0.25, -0.2) is 4.68 Å². The third kappa shape index (κ3) is 3.28. The summed E-state index contributed by atoms with van der Waals surface area (Å²) in [5.74, 6) is 0.799. The Morgan fingerprint density at radius 2 is 2.29 bits per heavy atom. The van der Waals surface area contributed by atoms with Crippen molar-refractivity contribution in [3.05, 3.63) is 33.6 Å². The molecule has 21 heavy (non-hydrogen) atoms. The van der Waals surface area contributed by atoms with Gasteiger partial charge < -0.3 is 10.5 Å². The van der Waals surface area contributed by atoms with Crippen LogP contribution < -0.4 is 10.5 Å². The third-order valence-electron chi connectivity index (χ3n) is 3.75. The van der Waals surface area contributed by atoms with E-state index in [4.69, 9.17) is 10.5 Å². The molecule has 6 heteroatoms. The highest BCUT2D eigenvalue weighted by atomic mass is 32.1. The van der Waals surface area contributed by atoms with Gasteiger partial charge in [-0.3, -0.25) is 4.90 Å². The van der Waals surface area contributed by atoms with E-state index < -0.39 is 0 Å². The van der Waals surface area contributed by atoms with Gasteiger partial charge in [-0.2, -0.15) is 5.10 Å². The Labute approximate surface area is 130 Å². The SMILES string of the molecule is CCN(Cc1cccs1)C(CN)c1c(C)nn(C)c1OC. The average Bonchev–Trinajstić information content (AvgIpc) is 3.07. The minimum Gasteiger partial charge on any atom is -0.481 e. The van der Waals surface area contributed by atoms with Crippen LogP contribution in [0.25, 0.3) is 0 Å². The van der Waals surface area contributed by atoms with Gasteiger partial charge in [-0.1, -0.05) is 13.0 Å². The van der Waals surface area contributed by atoms with Gasteiger partial charge in [0.25, 0.3) is 0 Å². The standard InChI is InChI=1S/C15H24N4OS/c1-5-19(10-12-7-6-8-21-12)13(9-16)14-11(2)17-18(3)15(14)20-4/h6-8,13H,5,9-10,16H2,1-4H3. The molecule has 116 valence electrons. The van der Waals surface area contributed by atoms with Crippen molar-refractivity contribution >= 4 is 11.3 Å². The summed E-state index contributed by atoms with van der Waals surface area (Å²) in [7, 11) is 3.58. The van der Waals surface area contributed by atoms with Crippen LogP contribution in [0.1, 0.15) is 29.1 Å². The topological polar surface area (TPSA) is 56.3 Å². The number of nitrogens with two attached hydrogens (primary N) is 1. The molecule has 0 spiro atoms. The minimum atomic E-state index is 0.112. The van der Waals surface area contributed by atoms with Crippen LogP contribution in [-0.4, -0.2) is 34.9 Å². The molecule has 0 aromatic carbocycles. The van der Waals surface area contributed by atoms with E-state index in [-0.39, 0.29) is 6.04 Å². The van der Waals surface area contributed by atoms with Crippen LogP contribution in [-0.2, 0) is 13.6 Å². The lowest BCUT2D eigenvalue weighted by Gasteiger charge is -2.29. The third-order valence-corrected chi connectivity index (χ3v) is 4.61. The van der Waals surface area contributed by atoms with Gasteiger partial charge in [-0.05, 0) is 24.9 Å². The van der Waals surface area contributed by atoms with Crippen molar-refractivity contribution < 1.29 is 4.74 Å². The molecule has 0 fully saturated rings. The van der Waals surface area contributed by atoms with E-state index >= 15 is 0 Å². The molecule has 2 rings (SSSR count). The Kier molecular flexibility index (Phi) is 5.39. The maximum Gasteiger partial charge on any atom is 0.216 e. The summed E-state index contributed by atoms with van der Waals surface area (Å²) in [6, 6.07) is 4.36. The first-order valence-electron chi connectivity index (χ1n) is 7.16. The maximum absolute atomic E-state index is 6.08. The van der Waals surface area contributed by atoms with Gasteiger partial charge in [0.05, 0.1) is 24.4 Å². The number of likely N-dealkylation sites (N-methyl/N-ethyl adjacent to an activating group) is 1. The van der Waals surface area contributed by atoms with E-state index in [1.165, 1.54) is 4.88 Å². The first-order valence-corrected chi connectivity index (χ1v) is 8.04. The van der Waals surface area contributed by atoms with Crippen LogP contribution >= 0.6 is 11.3 Å². The number of ether oxygens (including phenoxy) is 1. The fourth-order valence-electron chi connectivity index (χ4n) is 2.77. The zero-order chi connectivity index (χ0) is 15.4. The Bertz CT molecular complexity index is 564. The van der Waals surface area contributed by atoms with Crippen LogP contribution in [0.3, 0.4) is 0 Å². The van der Waals surface area contributed by atoms with E-state index in [1.54, 1.807) is 23.1 Å². The number of hydrogen-bond acceptors (Lipinski definition) is 5. The number of thiophene rings is 1. The second kappa shape index (κ2) is 7.06. The van der Waals surface area contributed by atoms with Gasteiger partial charge in [-0.15, -0.1) is 11.3 Å². The number of rotatable bonds is 7. The summed E-state index contributed by atoms with van der Waals surface area (Å²) in [5.41, 5.74) is 8.16. The molecule has 0 amide bonds. The first-order chi connectivity index (χ1) is 10.1. The number of aromatic nitrogens is 2. The van der Waals surface area contributed by atoms with Crippen molar-refractivity contribution in [3.63, 3.8) is 0 Å². The molecule has 2 N–H and O–H groups in total. The lowest BCUT2D eigenvalue weighted by molar-refractivity contribution is 0.200. The summed E-state index contributed by atoms with van der Waals surface area (Å²) in [6.07, 6.45) is 0. The second-order valence-corrected chi connectivity index (χ2v) is 6.06. The zero-order valence-electron chi connectivity index (χ0n) is 13.2. The Morgan fingerprint density at radius 3 is 2.81 bits per heavy atom. The lowest BCUT2D eigenvalue weighted by atomic mass is 10.1. The minimum absolute atomic E-state index is 0.112. The van der Waals surface area contributed by atoms with Gasteiger partial charge in [0.1, 0.15) is 0 Å². The monoisotopic (exact) mass is 308 g/mol. The molecular weight excluding hydrogens is 284 g/mol. The highest BCUT2D eigenvalue weighted by Crippen LogP contribution is 2.32. The summed E-state index contributed by atoms with van der Waals surface area (Å²) in [4.78, 5) is 3.72. The largest absolute Gasteiger partial charge is 0.481 e. The number of aryl methyl sites for hydroxylation is 2. The second-order valence-electron chi connectivity index (χ2n) is 5.03. The molecule has 1 atom stereocenters.